The van der Waals surface area contributed by atoms with Crippen molar-refractivity contribution in [1.29, 1.82) is 0 Å². The SMILES string of the molecule is c1cc(N2CCCNCC2)ncn1. The highest BCUT2D eigenvalue weighted by molar-refractivity contribution is 5.36. The molecule has 0 atom stereocenters. The zero-order valence-electron chi connectivity index (χ0n) is 7.61. The fourth-order valence-corrected chi connectivity index (χ4v) is 1.55. The van der Waals surface area contributed by atoms with Crippen LogP contribution in [-0.4, -0.2) is 36.1 Å². The minimum Gasteiger partial charge on any atom is -0.355 e. The van der Waals surface area contributed by atoms with E-state index in [2.05, 4.69) is 20.2 Å². The van der Waals surface area contributed by atoms with Crippen LogP contribution in [0, 0.1) is 0 Å². The van der Waals surface area contributed by atoms with Gasteiger partial charge in [0.05, 0.1) is 0 Å². The lowest BCUT2D eigenvalue weighted by molar-refractivity contribution is 0.724. The van der Waals surface area contributed by atoms with Crippen molar-refractivity contribution >= 4 is 5.82 Å². The van der Waals surface area contributed by atoms with E-state index in [1.165, 1.54) is 6.42 Å². The second-order valence-corrected chi connectivity index (χ2v) is 3.16. The molecule has 1 aliphatic rings. The molecule has 0 aliphatic carbocycles. The second kappa shape index (κ2) is 4.18. The third kappa shape index (κ3) is 2.15. The van der Waals surface area contributed by atoms with Gasteiger partial charge < -0.3 is 10.2 Å². The highest BCUT2D eigenvalue weighted by Crippen LogP contribution is 2.08. The van der Waals surface area contributed by atoms with Gasteiger partial charge in [0, 0.05) is 25.8 Å². The molecule has 2 rings (SSSR count). The van der Waals surface area contributed by atoms with Crippen molar-refractivity contribution in [3.63, 3.8) is 0 Å². The Morgan fingerprint density at radius 1 is 1.31 bits per heavy atom. The summed E-state index contributed by atoms with van der Waals surface area (Å²) in [6.07, 6.45) is 4.58. The third-order valence-electron chi connectivity index (χ3n) is 2.23. The Hall–Kier alpha value is -1.16. The minimum absolute atomic E-state index is 1.04. The highest BCUT2D eigenvalue weighted by atomic mass is 15.2. The number of rotatable bonds is 1. The molecule has 1 N–H and O–H groups in total. The molecule has 0 bridgehead atoms. The van der Waals surface area contributed by atoms with Crippen molar-refractivity contribution in [2.24, 2.45) is 0 Å². The first-order chi connectivity index (χ1) is 6.47. The van der Waals surface area contributed by atoms with Gasteiger partial charge in [0.25, 0.3) is 0 Å². The molecule has 1 saturated heterocycles. The monoisotopic (exact) mass is 178 g/mol. The van der Waals surface area contributed by atoms with Gasteiger partial charge in [-0.15, -0.1) is 0 Å². The second-order valence-electron chi connectivity index (χ2n) is 3.16. The normalized spacial score (nSPS) is 18.3. The Bertz CT molecular complexity index is 241. The van der Waals surface area contributed by atoms with Gasteiger partial charge in [-0.05, 0) is 19.0 Å². The van der Waals surface area contributed by atoms with E-state index in [1.54, 1.807) is 12.5 Å². The average Bonchev–Trinajstić information content (AvgIpc) is 2.47. The lowest BCUT2D eigenvalue weighted by Crippen LogP contribution is -2.28. The molecule has 1 fully saturated rings. The summed E-state index contributed by atoms with van der Waals surface area (Å²) in [7, 11) is 0. The number of hydrogen-bond donors (Lipinski definition) is 1. The lowest BCUT2D eigenvalue weighted by Gasteiger charge is -2.20. The Balaban J connectivity index is 2.06. The van der Waals surface area contributed by atoms with Gasteiger partial charge in [0.1, 0.15) is 12.1 Å². The summed E-state index contributed by atoms with van der Waals surface area (Å²) in [4.78, 5) is 10.4. The van der Waals surface area contributed by atoms with Crippen molar-refractivity contribution < 1.29 is 0 Å². The van der Waals surface area contributed by atoms with E-state index in [1.807, 2.05) is 6.07 Å². The molecule has 1 aromatic rings. The molecule has 1 aliphatic heterocycles. The smallest absolute Gasteiger partial charge is 0.131 e. The van der Waals surface area contributed by atoms with Crippen LogP contribution in [0.4, 0.5) is 5.82 Å². The van der Waals surface area contributed by atoms with Crippen molar-refractivity contribution in [3.05, 3.63) is 18.6 Å². The number of hydrogen-bond acceptors (Lipinski definition) is 4. The molecule has 4 nitrogen and oxygen atoms in total. The van der Waals surface area contributed by atoms with E-state index < -0.39 is 0 Å². The zero-order chi connectivity index (χ0) is 8.93. The van der Waals surface area contributed by atoms with Gasteiger partial charge in [-0.25, -0.2) is 9.97 Å². The fourth-order valence-electron chi connectivity index (χ4n) is 1.55. The molecule has 0 spiro atoms. The predicted molar refractivity (Wildman–Crippen MR) is 51.7 cm³/mol. The van der Waals surface area contributed by atoms with Crippen LogP contribution in [0.15, 0.2) is 18.6 Å². The van der Waals surface area contributed by atoms with Gasteiger partial charge >= 0.3 is 0 Å². The van der Waals surface area contributed by atoms with Crippen LogP contribution in [0.3, 0.4) is 0 Å². The van der Waals surface area contributed by atoms with E-state index in [9.17, 15) is 0 Å². The Morgan fingerprint density at radius 2 is 2.31 bits per heavy atom. The van der Waals surface area contributed by atoms with Crippen molar-refractivity contribution in [2.75, 3.05) is 31.1 Å². The summed E-state index contributed by atoms with van der Waals surface area (Å²) in [5, 5.41) is 3.36. The van der Waals surface area contributed by atoms with Crippen molar-refractivity contribution in [2.45, 2.75) is 6.42 Å². The summed E-state index contributed by atoms with van der Waals surface area (Å²) < 4.78 is 0. The fraction of sp³-hybridized carbons (Fsp3) is 0.556. The van der Waals surface area contributed by atoms with E-state index >= 15 is 0 Å². The first-order valence-corrected chi connectivity index (χ1v) is 4.68. The quantitative estimate of drug-likeness (QED) is 0.670. The molecule has 1 aromatic heterocycles. The van der Waals surface area contributed by atoms with Crippen molar-refractivity contribution in [3.8, 4) is 0 Å². The molecule has 0 amide bonds. The van der Waals surface area contributed by atoms with Crippen LogP contribution in [0.5, 0.6) is 0 Å². The van der Waals surface area contributed by atoms with Crippen LogP contribution in [0.25, 0.3) is 0 Å². The van der Waals surface area contributed by atoms with E-state index in [0.717, 1.165) is 32.0 Å². The molecule has 4 heteroatoms. The highest BCUT2D eigenvalue weighted by Gasteiger charge is 2.09. The van der Waals surface area contributed by atoms with Gasteiger partial charge in [0.2, 0.25) is 0 Å². The maximum atomic E-state index is 4.23. The van der Waals surface area contributed by atoms with Crippen LogP contribution in [0.1, 0.15) is 6.42 Å². The summed E-state index contributed by atoms with van der Waals surface area (Å²) in [6, 6.07) is 1.96. The number of aromatic nitrogens is 2. The largest absolute Gasteiger partial charge is 0.355 e. The first-order valence-electron chi connectivity index (χ1n) is 4.68. The van der Waals surface area contributed by atoms with E-state index in [0.29, 0.717) is 0 Å². The lowest BCUT2D eigenvalue weighted by atomic mass is 10.4. The summed E-state index contributed by atoms with van der Waals surface area (Å²) in [5.41, 5.74) is 0. The Morgan fingerprint density at radius 3 is 3.15 bits per heavy atom. The van der Waals surface area contributed by atoms with Crippen LogP contribution in [0.2, 0.25) is 0 Å². The minimum atomic E-state index is 1.04. The van der Waals surface area contributed by atoms with Gasteiger partial charge in [-0.1, -0.05) is 0 Å². The molecule has 0 saturated carbocycles. The maximum Gasteiger partial charge on any atom is 0.131 e. The van der Waals surface area contributed by atoms with E-state index in [4.69, 9.17) is 0 Å². The molecular weight excluding hydrogens is 164 g/mol. The van der Waals surface area contributed by atoms with Gasteiger partial charge in [0.15, 0.2) is 0 Å². The number of nitrogens with one attached hydrogen (secondary N) is 1. The molecule has 70 valence electrons. The third-order valence-corrected chi connectivity index (χ3v) is 2.23. The molecule has 13 heavy (non-hydrogen) atoms. The van der Waals surface area contributed by atoms with Gasteiger partial charge in [-0.2, -0.15) is 0 Å². The van der Waals surface area contributed by atoms with Crippen molar-refractivity contribution in [1.82, 2.24) is 15.3 Å². The summed E-state index contributed by atoms with van der Waals surface area (Å²) >= 11 is 0. The Kier molecular flexibility index (Phi) is 2.72. The molecule has 0 unspecified atom stereocenters. The standard InChI is InChI=1S/C9H14N4/c1-3-10-5-7-13(6-1)9-2-4-11-8-12-9/h2,4,8,10H,1,3,5-7H2. The summed E-state index contributed by atoms with van der Waals surface area (Å²) in [5.74, 6) is 1.04. The molecule has 0 radical (unpaired) electrons. The average molecular weight is 178 g/mol. The molecule has 2 heterocycles. The van der Waals surface area contributed by atoms with Crippen LogP contribution < -0.4 is 10.2 Å². The predicted octanol–water partition coefficient (Wildman–Crippen LogP) is 0.276. The first kappa shape index (κ1) is 8.44. The maximum absolute atomic E-state index is 4.23. The number of nitrogens with zero attached hydrogens (tertiary/aromatic N) is 3. The van der Waals surface area contributed by atoms with Crippen LogP contribution in [-0.2, 0) is 0 Å². The van der Waals surface area contributed by atoms with E-state index in [-0.39, 0.29) is 0 Å². The van der Waals surface area contributed by atoms with Crippen LogP contribution >= 0.6 is 0 Å². The molecular formula is C9H14N4. The van der Waals surface area contributed by atoms with Gasteiger partial charge in [-0.3, -0.25) is 0 Å². The summed E-state index contributed by atoms with van der Waals surface area (Å²) in [6.45, 7) is 4.28. The number of anilines is 1. The Labute approximate surface area is 78.0 Å². The topological polar surface area (TPSA) is 41.0 Å². The zero-order valence-corrected chi connectivity index (χ0v) is 7.61. The molecule has 0 aromatic carbocycles.